The van der Waals surface area contributed by atoms with Gasteiger partial charge in [-0.05, 0) is 45.7 Å². The van der Waals surface area contributed by atoms with Gasteiger partial charge in [-0.1, -0.05) is 12.1 Å². The summed E-state index contributed by atoms with van der Waals surface area (Å²) in [4.78, 5) is 12.0. The Morgan fingerprint density at radius 3 is 2.44 bits per heavy atom. The Balaban J connectivity index is 2.15. The fourth-order valence-electron chi connectivity index (χ4n) is 3.46. The first-order valence-electron chi connectivity index (χ1n) is 11.8. The molecular weight excluding hydrogens is 529 g/mol. The van der Waals surface area contributed by atoms with E-state index in [1.807, 2.05) is 6.92 Å². The van der Waals surface area contributed by atoms with Crippen molar-refractivity contribution in [3.8, 4) is 34.6 Å². The minimum Gasteiger partial charge on any atom is -0.494 e. The van der Waals surface area contributed by atoms with Gasteiger partial charge in [-0.15, -0.1) is 10.2 Å². The number of pyridine rings is 1. The van der Waals surface area contributed by atoms with Crippen LogP contribution in [0.2, 0.25) is 0 Å². The first-order chi connectivity index (χ1) is 18.6. The predicted octanol–water partition coefficient (Wildman–Crippen LogP) is 4.20. The summed E-state index contributed by atoms with van der Waals surface area (Å²) in [5, 5.41) is 7.31. The minimum atomic E-state index is -4.10. The third-order valence-corrected chi connectivity index (χ3v) is 7.03. The van der Waals surface area contributed by atoms with Gasteiger partial charge in [-0.25, -0.2) is 27.8 Å². The molecule has 1 N–H and O–H groups in total. The minimum absolute atomic E-state index is 0.0513. The smallest absolute Gasteiger partial charge is 0.243 e. The average molecular weight is 560 g/mol. The Kier molecular flexibility index (Phi) is 9.71. The van der Waals surface area contributed by atoms with Crippen LogP contribution in [0.4, 0.5) is 10.3 Å². The summed E-state index contributed by atoms with van der Waals surface area (Å²) in [5.74, 6) is 0.630. The highest BCUT2D eigenvalue weighted by atomic mass is 32.2. The van der Waals surface area contributed by atoms with E-state index >= 15 is 0 Å². The number of nitrogens with one attached hydrogen (secondary N) is 1. The predicted molar refractivity (Wildman–Crippen MR) is 147 cm³/mol. The number of aromatic nitrogens is 4. The first-order valence-corrected chi connectivity index (χ1v) is 13.3. The molecular formula is C25H30FN7O5S. The van der Waals surface area contributed by atoms with Crippen molar-refractivity contribution in [3.63, 3.8) is 0 Å². The van der Waals surface area contributed by atoms with E-state index in [0.717, 1.165) is 6.20 Å². The van der Waals surface area contributed by atoms with Crippen LogP contribution < -0.4 is 18.9 Å². The number of hydrogen-bond acceptors (Lipinski definition) is 9. The molecule has 39 heavy (non-hydrogen) atoms. The molecule has 12 nitrogen and oxygen atoms in total. The number of amidine groups is 1. The van der Waals surface area contributed by atoms with E-state index in [1.54, 1.807) is 36.4 Å². The number of sulfonamides is 1. The van der Waals surface area contributed by atoms with Gasteiger partial charge in [-0.2, -0.15) is 0 Å². The maximum atomic E-state index is 13.4. The summed E-state index contributed by atoms with van der Waals surface area (Å²) in [6, 6.07) is 10.2. The number of hydrogen-bond donors (Lipinski definition) is 1. The van der Waals surface area contributed by atoms with E-state index in [-0.39, 0.29) is 24.0 Å². The standard InChI is InChI=1S/C25H30FN7O5S/c1-7-38-22-13-8-10-18(29-22)24-30-31-25(33(24)23-19(36-5)11-9-12-20(23)37-6)32-39(34,35)17(3)14-21(27-4)28-15-16(2)26/h8-13,15,17H,4,7,14H2,1-3,5-6H3,(H,31,32)/b16-15+,28-21?/t17-/m0/s1. The number of rotatable bonds is 12. The van der Waals surface area contributed by atoms with Crippen LogP contribution in [0.15, 0.2) is 58.4 Å². The molecule has 0 radical (unpaired) electrons. The SMILES string of the molecule is C=NC(C[C@H](C)S(=O)(=O)Nc1nnc(-c2cccc(OCC)n2)n1-c1c(OC)cccc1OC)=N/C=C(\C)F. The summed E-state index contributed by atoms with van der Waals surface area (Å²) < 4.78 is 60.4. The van der Waals surface area contributed by atoms with Gasteiger partial charge in [0.1, 0.15) is 34.5 Å². The second-order valence-electron chi connectivity index (χ2n) is 8.07. The molecule has 3 aromatic rings. The second kappa shape index (κ2) is 13.0. The van der Waals surface area contributed by atoms with Gasteiger partial charge in [-0.3, -0.25) is 9.29 Å². The number of ether oxygens (including phenoxy) is 3. The molecule has 1 aromatic carbocycles. The van der Waals surface area contributed by atoms with Crippen molar-refractivity contribution in [3.05, 3.63) is 48.4 Å². The van der Waals surface area contributed by atoms with Crippen LogP contribution in [0, 0.1) is 0 Å². The van der Waals surface area contributed by atoms with Crippen LogP contribution in [-0.2, 0) is 10.0 Å². The maximum absolute atomic E-state index is 13.4. The Morgan fingerprint density at radius 1 is 1.18 bits per heavy atom. The molecule has 0 saturated carbocycles. The van der Waals surface area contributed by atoms with Crippen LogP contribution in [-0.4, -0.2) is 66.8 Å². The highest BCUT2D eigenvalue weighted by Crippen LogP contribution is 2.37. The zero-order valence-electron chi connectivity index (χ0n) is 22.3. The van der Waals surface area contributed by atoms with Crippen LogP contribution in [0.1, 0.15) is 27.2 Å². The van der Waals surface area contributed by atoms with E-state index in [0.29, 0.717) is 35.4 Å². The van der Waals surface area contributed by atoms with Gasteiger partial charge in [0, 0.05) is 12.5 Å². The summed E-state index contributed by atoms with van der Waals surface area (Å²) in [7, 11) is -1.15. The van der Waals surface area contributed by atoms with Crippen molar-refractivity contribution in [2.75, 3.05) is 25.5 Å². The van der Waals surface area contributed by atoms with Crippen molar-refractivity contribution >= 4 is 28.5 Å². The quantitative estimate of drug-likeness (QED) is 0.257. The van der Waals surface area contributed by atoms with E-state index < -0.39 is 21.1 Å². The van der Waals surface area contributed by atoms with E-state index in [2.05, 4.69) is 36.6 Å². The number of anilines is 1. The molecule has 0 unspecified atom stereocenters. The van der Waals surface area contributed by atoms with Gasteiger partial charge >= 0.3 is 0 Å². The normalized spacial score (nSPS) is 13.1. The van der Waals surface area contributed by atoms with E-state index in [4.69, 9.17) is 14.2 Å². The highest BCUT2D eigenvalue weighted by Gasteiger charge is 2.29. The lowest BCUT2D eigenvalue weighted by Gasteiger charge is -2.19. The molecule has 0 bridgehead atoms. The molecule has 0 saturated heterocycles. The van der Waals surface area contributed by atoms with Crippen molar-refractivity contribution in [1.82, 2.24) is 19.7 Å². The van der Waals surface area contributed by atoms with E-state index in [9.17, 15) is 12.8 Å². The molecule has 0 spiro atoms. The number of methoxy groups -OCH3 is 2. The third kappa shape index (κ3) is 6.96. The van der Waals surface area contributed by atoms with Crippen molar-refractivity contribution in [2.45, 2.75) is 32.4 Å². The Hall–Kier alpha value is -4.33. The molecule has 0 amide bonds. The lowest BCUT2D eigenvalue weighted by Crippen LogP contribution is -2.28. The molecule has 1 atom stereocenters. The zero-order chi connectivity index (χ0) is 28.6. The van der Waals surface area contributed by atoms with Crippen LogP contribution in [0.25, 0.3) is 17.2 Å². The number of allylic oxidation sites excluding steroid dienone is 1. The summed E-state index contributed by atoms with van der Waals surface area (Å²) >= 11 is 0. The fraction of sp³-hybridized carbons (Fsp3) is 0.320. The van der Waals surface area contributed by atoms with Crippen molar-refractivity contribution in [2.24, 2.45) is 9.98 Å². The number of benzene rings is 1. The third-order valence-electron chi connectivity index (χ3n) is 5.34. The van der Waals surface area contributed by atoms with Crippen molar-refractivity contribution < 1.29 is 27.0 Å². The van der Waals surface area contributed by atoms with Gasteiger partial charge in [0.15, 0.2) is 5.82 Å². The summed E-state index contributed by atoms with van der Waals surface area (Å²) in [6.45, 7) is 8.28. The number of para-hydroxylation sites is 1. The van der Waals surface area contributed by atoms with Crippen molar-refractivity contribution in [1.29, 1.82) is 0 Å². The van der Waals surface area contributed by atoms with Gasteiger partial charge in [0.2, 0.25) is 21.9 Å². The molecule has 3 rings (SSSR count). The lowest BCUT2D eigenvalue weighted by atomic mass is 10.2. The van der Waals surface area contributed by atoms with E-state index in [1.165, 1.54) is 32.6 Å². The molecule has 0 fully saturated rings. The highest BCUT2D eigenvalue weighted by molar-refractivity contribution is 7.93. The molecule has 0 aliphatic rings. The van der Waals surface area contributed by atoms with Crippen LogP contribution in [0.5, 0.6) is 17.4 Å². The largest absolute Gasteiger partial charge is 0.494 e. The zero-order valence-corrected chi connectivity index (χ0v) is 23.1. The number of nitrogens with zero attached hydrogens (tertiary/aromatic N) is 6. The van der Waals surface area contributed by atoms with Gasteiger partial charge in [0.25, 0.3) is 0 Å². The average Bonchev–Trinajstić information content (AvgIpc) is 3.32. The summed E-state index contributed by atoms with van der Waals surface area (Å²) in [6.07, 6.45) is 0.802. The topological polar surface area (TPSA) is 142 Å². The van der Waals surface area contributed by atoms with Gasteiger partial charge < -0.3 is 14.2 Å². The second-order valence-corrected chi connectivity index (χ2v) is 10.2. The Bertz CT molecular complexity index is 1460. The lowest BCUT2D eigenvalue weighted by molar-refractivity contribution is 0.327. The maximum Gasteiger partial charge on any atom is 0.243 e. The molecule has 2 heterocycles. The monoisotopic (exact) mass is 559 g/mol. The fourth-order valence-corrected chi connectivity index (χ4v) is 4.42. The first kappa shape index (κ1) is 29.2. The molecule has 0 aliphatic heterocycles. The number of aliphatic imine (C=N–C) groups is 2. The molecule has 208 valence electrons. The van der Waals surface area contributed by atoms with Crippen LogP contribution in [0.3, 0.4) is 0 Å². The molecule has 2 aromatic heterocycles. The number of halogens is 1. The molecule has 0 aliphatic carbocycles. The van der Waals surface area contributed by atoms with Gasteiger partial charge in [0.05, 0.1) is 32.3 Å². The molecule has 14 heteroatoms. The van der Waals surface area contributed by atoms with Crippen LogP contribution >= 0.6 is 0 Å². The summed E-state index contributed by atoms with van der Waals surface area (Å²) in [5.41, 5.74) is 0.702. The Labute approximate surface area is 226 Å². The Morgan fingerprint density at radius 2 is 1.85 bits per heavy atom.